The minimum Gasteiger partial charge on any atom is -0.459 e. The van der Waals surface area contributed by atoms with Gasteiger partial charge in [0.2, 0.25) is 0 Å². The summed E-state index contributed by atoms with van der Waals surface area (Å²) in [5.74, 6) is 0.0133. The van der Waals surface area contributed by atoms with Crippen LogP contribution < -0.4 is 5.32 Å². The van der Waals surface area contributed by atoms with E-state index in [2.05, 4.69) is 34.5 Å². The molecular formula is C24H22N2O3. The first-order chi connectivity index (χ1) is 14.2. The van der Waals surface area contributed by atoms with Crippen molar-refractivity contribution in [3.8, 4) is 0 Å². The van der Waals surface area contributed by atoms with Crippen LogP contribution in [-0.2, 0) is 6.42 Å². The van der Waals surface area contributed by atoms with Crippen molar-refractivity contribution >= 4 is 17.5 Å². The fourth-order valence-electron chi connectivity index (χ4n) is 4.18. The Morgan fingerprint density at radius 1 is 0.931 bits per heavy atom. The Morgan fingerprint density at radius 2 is 1.72 bits per heavy atom. The summed E-state index contributed by atoms with van der Waals surface area (Å²) in [7, 11) is 0. The number of benzene rings is 2. The van der Waals surface area contributed by atoms with Crippen LogP contribution in [0, 0.1) is 0 Å². The molecule has 2 aliphatic carbocycles. The predicted octanol–water partition coefficient (Wildman–Crippen LogP) is 4.82. The summed E-state index contributed by atoms with van der Waals surface area (Å²) in [6.45, 7) is 0. The zero-order chi connectivity index (χ0) is 19.8. The first kappa shape index (κ1) is 17.7. The van der Waals surface area contributed by atoms with Crippen molar-refractivity contribution in [3.63, 3.8) is 0 Å². The molecule has 2 aromatic carbocycles. The maximum atomic E-state index is 13.4. The number of furan rings is 1. The van der Waals surface area contributed by atoms with Gasteiger partial charge in [-0.3, -0.25) is 9.59 Å². The normalized spacial score (nSPS) is 17.6. The Bertz CT molecular complexity index is 1040. The first-order valence-electron chi connectivity index (χ1n) is 10.1. The average Bonchev–Trinajstić information content (AvgIpc) is 3.25. The molecule has 2 amide bonds. The molecule has 0 aliphatic heterocycles. The number of fused-ring (bicyclic) bond motifs is 1. The third-order valence-electron chi connectivity index (χ3n) is 5.75. The molecule has 1 aromatic heterocycles. The SMILES string of the molecule is O=C(Nc1ccc(C(=O)N(C2CC2)[C@@H]2CCc3ccccc32)cc1)c1ccco1. The fourth-order valence-corrected chi connectivity index (χ4v) is 4.18. The van der Waals surface area contributed by atoms with Crippen LogP contribution in [0.1, 0.15) is 57.3 Å². The lowest BCUT2D eigenvalue weighted by molar-refractivity contribution is 0.0658. The maximum absolute atomic E-state index is 13.4. The molecule has 29 heavy (non-hydrogen) atoms. The summed E-state index contributed by atoms with van der Waals surface area (Å²) >= 11 is 0. The van der Waals surface area contributed by atoms with Crippen LogP contribution in [0.3, 0.4) is 0 Å². The summed E-state index contributed by atoms with van der Waals surface area (Å²) in [5.41, 5.74) is 3.92. The van der Waals surface area contributed by atoms with Crippen LogP contribution in [0.15, 0.2) is 71.3 Å². The number of hydrogen-bond donors (Lipinski definition) is 1. The third-order valence-corrected chi connectivity index (χ3v) is 5.75. The molecule has 5 rings (SSSR count). The molecule has 3 aromatic rings. The van der Waals surface area contributed by atoms with Gasteiger partial charge in [0.1, 0.15) is 0 Å². The van der Waals surface area contributed by atoms with Gasteiger partial charge in [-0.05, 0) is 73.2 Å². The summed E-state index contributed by atoms with van der Waals surface area (Å²) < 4.78 is 5.11. The second kappa shape index (κ2) is 7.24. The second-order valence-electron chi connectivity index (χ2n) is 7.71. The molecule has 0 bridgehead atoms. The highest BCUT2D eigenvalue weighted by molar-refractivity contribution is 6.02. The fraction of sp³-hybridized carbons (Fsp3) is 0.250. The zero-order valence-electron chi connectivity index (χ0n) is 16.0. The quantitative estimate of drug-likeness (QED) is 0.683. The number of nitrogens with one attached hydrogen (secondary N) is 1. The van der Waals surface area contributed by atoms with Crippen molar-refractivity contribution in [1.82, 2.24) is 4.90 Å². The van der Waals surface area contributed by atoms with Gasteiger partial charge in [0, 0.05) is 17.3 Å². The highest BCUT2D eigenvalue weighted by Gasteiger charge is 2.40. The molecule has 0 unspecified atom stereocenters. The van der Waals surface area contributed by atoms with Crippen molar-refractivity contribution < 1.29 is 14.0 Å². The molecule has 1 N–H and O–H groups in total. The molecule has 0 saturated heterocycles. The number of hydrogen-bond acceptors (Lipinski definition) is 3. The van der Waals surface area contributed by atoms with Crippen LogP contribution in [0.25, 0.3) is 0 Å². The number of carbonyl (C=O) groups excluding carboxylic acids is 2. The number of carbonyl (C=O) groups is 2. The van der Waals surface area contributed by atoms with Gasteiger partial charge < -0.3 is 14.6 Å². The van der Waals surface area contributed by atoms with E-state index in [0.29, 0.717) is 17.3 Å². The largest absolute Gasteiger partial charge is 0.459 e. The molecule has 0 spiro atoms. The van der Waals surface area contributed by atoms with Gasteiger partial charge in [-0.2, -0.15) is 0 Å². The molecule has 2 aliphatic rings. The molecule has 146 valence electrons. The highest BCUT2D eigenvalue weighted by atomic mass is 16.3. The van der Waals surface area contributed by atoms with Crippen LogP contribution in [0.5, 0.6) is 0 Å². The smallest absolute Gasteiger partial charge is 0.291 e. The molecule has 5 nitrogen and oxygen atoms in total. The topological polar surface area (TPSA) is 62.6 Å². The van der Waals surface area contributed by atoms with E-state index in [1.165, 1.54) is 17.4 Å². The van der Waals surface area contributed by atoms with E-state index in [4.69, 9.17) is 4.42 Å². The van der Waals surface area contributed by atoms with Crippen LogP contribution in [-0.4, -0.2) is 22.8 Å². The maximum Gasteiger partial charge on any atom is 0.291 e. The van der Waals surface area contributed by atoms with Crippen LogP contribution in [0.2, 0.25) is 0 Å². The van der Waals surface area contributed by atoms with E-state index >= 15 is 0 Å². The summed E-state index contributed by atoms with van der Waals surface area (Å²) in [5, 5.41) is 2.79. The number of nitrogens with zero attached hydrogens (tertiary/aromatic N) is 1. The van der Waals surface area contributed by atoms with E-state index in [1.807, 2.05) is 0 Å². The van der Waals surface area contributed by atoms with E-state index in [-0.39, 0.29) is 23.6 Å². The standard InChI is InChI=1S/C24H22N2O3/c27-23(22-6-3-15-29-22)25-18-10-7-17(8-11-18)24(28)26(19-12-13-19)21-14-9-16-4-1-2-5-20(16)21/h1-8,10-11,15,19,21H,9,12-14H2,(H,25,27)/t21-/m1/s1. The molecule has 1 saturated carbocycles. The molecule has 0 radical (unpaired) electrons. The molecular weight excluding hydrogens is 364 g/mol. The molecule has 1 fully saturated rings. The van der Waals surface area contributed by atoms with Gasteiger partial charge in [-0.1, -0.05) is 24.3 Å². The van der Waals surface area contributed by atoms with E-state index in [1.54, 1.807) is 36.4 Å². The lowest BCUT2D eigenvalue weighted by Crippen LogP contribution is -2.36. The van der Waals surface area contributed by atoms with Crippen LogP contribution >= 0.6 is 0 Å². The van der Waals surface area contributed by atoms with Crippen molar-refractivity contribution in [2.45, 2.75) is 37.8 Å². The minimum atomic E-state index is -0.309. The second-order valence-corrected chi connectivity index (χ2v) is 7.71. The zero-order valence-corrected chi connectivity index (χ0v) is 16.0. The van der Waals surface area contributed by atoms with Crippen molar-refractivity contribution in [3.05, 3.63) is 89.4 Å². The summed E-state index contributed by atoms with van der Waals surface area (Å²) in [4.78, 5) is 27.6. The monoisotopic (exact) mass is 386 g/mol. The number of aryl methyl sites for hydroxylation is 1. The lowest BCUT2D eigenvalue weighted by atomic mass is 10.0. The van der Waals surface area contributed by atoms with Crippen molar-refractivity contribution in [2.24, 2.45) is 0 Å². The predicted molar refractivity (Wildman–Crippen MR) is 110 cm³/mol. The van der Waals surface area contributed by atoms with Crippen LogP contribution in [0.4, 0.5) is 5.69 Å². The first-order valence-corrected chi connectivity index (χ1v) is 10.1. The Labute approximate surface area is 169 Å². The van der Waals surface area contributed by atoms with Crippen molar-refractivity contribution in [2.75, 3.05) is 5.32 Å². The summed E-state index contributed by atoms with van der Waals surface area (Å²) in [6.07, 6.45) is 5.61. The van der Waals surface area contributed by atoms with Gasteiger partial charge in [0.15, 0.2) is 5.76 Å². The minimum absolute atomic E-state index is 0.0677. The Kier molecular flexibility index (Phi) is 4.43. The Balaban J connectivity index is 1.34. The Hall–Kier alpha value is -3.34. The van der Waals surface area contributed by atoms with Gasteiger partial charge >= 0.3 is 0 Å². The number of amides is 2. The van der Waals surface area contributed by atoms with E-state index in [0.717, 1.165) is 25.7 Å². The molecule has 5 heteroatoms. The van der Waals surface area contributed by atoms with E-state index in [9.17, 15) is 9.59 Å². The third kappa shape index (κ3) is 3.44. The molecule has 1 atom stereocenters. The summed E-state index contributed by atoms with van der Waals surface area (Å²) in [6, 6.07) is 19.3. The number of anilines is 1. The van der Waals surface area contributed by atoms with E-state index < -0.39 is 0 Å². The number of rotatable bonds is 5. The van der Waals surface area contributed by atoms with Gasteiger partial charge in [-0.25, -0.2) is 0 Å². The van der Waals surface area contributed by atoms with Crippen molar-refractivity contribution in [1.29, 1.82) is 0 Å². The lowest BCUT2D eigenvalue weighted by Gasteiger charge is -2.30. The Morgan fingerprint density at radius 3 is 2.45 bits per heavy atom. The molecule has 1 heterocycles. The van der Waals surface area contributed by atoms with Gasteiger partial charge in [0.05, 0.1) is 12.3 Å². The highest BCUT2D eigenvalue weighted by Crippen LogP contribution is 2.42. The van der Waals surface area contributed by atoms with Gasteiger partial charge in [-0.15, -0.1) is 0 Å². The average molecular weight is 386 g/mol. The van der Waals surface area contributed by atoms with Gasteiger partial charge in [0.25, 0.3) is 11.8 Å².